The summed E-state index contributed by atoms with van der Waals surface area (Å²) in [6, 6.07) is 0. The quantitative estimate of drug-likeness (QED) is 0.599. The van der Waals surface area contributed by atoms with Gasteiger partial charge in [0.1, 0.15) is 5.54 Å². The van der Waals surface area contributed by atoms with E-state index in [1.807, 2.05) is 0 Å². The van der Waals surface area contributed by atoms with Crippen LogP contribution in [0.1, 0.15) is 12.8 Å². The van der Waals surface area contributed by atoms with Gasteiger partial charge in [-0.1, -0.05) is 0 Å². The van der Waals surface area contributed by atoms with Crippen LogP contribution in [0.4, 0.5) is 0 Å². The third kappa shape index (κ3) is 1.80. The highest BCUT2D eigenvalue weighted by molar-refractivity contribution is 5.86. The van der Waals surface area contributed by atoms with Gasteiger partial charge in [0.25, 0.3) is 0 Å². The Morgan fingerprint density at radius 1 is 1.46 bits per heavy atom. The standard InChI is InChI=1S/C8H13NO4/c1-12-6(10)3-5-4-8(5,9)7(11)13-2/h5H,3-4,9H2,1-2H3/t5-,8+/m1/s1. The molecule has 0 spiro atoms. The van der Waals surface area contributed by atoms with Crippen molar-refractivity contribution in [1.29, 1.82) is 0 Å². The molecule has 1 aliphatic carbocycles. The molecule has 0 saturated heterocycles. The van der Waals surface area contributed by atoms with Gasteiger partial charge in [-0.2, -0.15) is 0 Å². The summed E-state index contributed by atoms with van der Waals surface area (Å²) in [6.07, 6.45) is 0.677. The van der Waals surface area contributed by atoms with E-state index in [9.17, 15) is 9.59 Å². The van der Waals surface area contributed by atoms with Gasteiger partial charge in [0.15, 0.2) is 0 Å². The zero-order valence-corrected chi connectivity index (χ0v) is 7.70. The van der Waals surface area contributed by atoms with Crippen LogP contribution in [-0.4, -0.2) is 31.7 Å². The molecule has 74 valence electrons. The lowest BCUT2D eigenvalue weighted by atomic mass is 10.2. The fourth-order valence-electron chi connectivity index (χ4n) is 1.33. The molecule has 5 nitrogen and oxygen atoms in total. The summed E-state index contributed by atoms with van der Waals surface area (Å²) in [4.78, 5) is 21.9. The highest BCUT2D eigenvalue weighted by Gasteiger charge is 2.58. The summed E-state index contributed by atoms with van der Waals surface area (Å²) < 4.78 is 8.97. The van der Waals surface area contributed by atoms with Crippen molar-refractivity contribution in [3.63, 3.8) is 0 Å². The summed E-state index contributed by atoms with van der Waals surface area (Å²) in [6.45, 7) is 0. The van der Waals surface area contributed by atoms with Crippen LogP contribution in [0.5, 0.6) is 0 Å². The minimum atomic E-state index is -0.955. The number of carbonyl (C=O) groups is 2. The number of esters is 2. The average molecular weight is 187 g/mol. The van der Waals surface area contributed by atoms with Crippen LogP contribution in [0.3, 0.4) is 0 Å². The molecule has 0 aromatic carbocycles. The van der Waals surface area contributed by atoms with E-state index in [1.165, 1.54) is 14.2 Å². The van der Waals surface area contributed by atoms with E-state index in [0.29, 0.717) is 6.42 Å². The molecule has 0 unspecified atom stereocenters. The van der Waals surface area contributed by atoms with E-state index in [2.05, 4.69) is 9.47 Å². The second kappa shape index (κ2) is 3.33. The van der Waals surface area contributed by atoms with Crippen LogP contribution in [0, 0.1) is 5.92 Å². The Kier molecular flexibility index (Phi) is 2.56. The first kappa shape index (κ1) is 9.98. The summed E-state index contributed by atoms with van der Waals surface area (Å²) in [5.74, 6) is -0.935. The van der Waals surface area contributed by atoms with E-state index in [0.717, 1.165) is 0 Å². The Balaban J connectivity index is 2.44. The number of rotatable bonds is 3. The van der Waals surface area contributed by atoms with E-state index in [-0.39, 0.29) is 18.3 Å². The number of carbonyl (C=O) groups excluding carboxylic acids is 2. The lowest BCUT2D eigenvalue weighted by molar-refractivity contribution is -0.144. The molecule has 0 aromatic heterocycles. The number of nitrogens with two attached hydrogens (primary N) is 1. The zero-order valence-electron chi connectivity index (χ0n) is 7.70. The smallest absolute Gasteiger partial charge is 0.326 e. The van der Waals surface area contributed by atoms with Crippen molar-refractivity contribution in [2.75, 3.05) is 14.2 Å². The lowest BCUT2D eigenvalue weighted by Gasteiger charge is -2.07. The Bertz CT molecular complexity index is 240. The molecule has 1 aliphatic rings. The predicted octanol–water partition coefficient (Wildman–Crippen LogP) is -0.560. The minimum Gasteiger partial charge on any atom is -0.469 e. The number of hydrogen-bond acceptors (Lipinski definition) is 5. The van der Waals surface area contributed by atoms with Gasteiger partial charge in [0.05, 0.1) is 20.6 Å². The highest BCUT2D eigenvalue weighted by Crippen LogP contribution is 2.44. The summed E-state index contributed by atoms with van der Waals surface area (Å²) in [5, 5.41) is 0. The monoisotopic (exact) mass is 187 g/mol. The summed E-state index contributed by atoms with van der Waals surface area (Å²) in [5.41, 5.74) is 4.71. The molecule has 0 radical (unpaired) electrons. The molecule has 2 N–H and O–H groups in total. The normalized spacial score (nSPS) is 30.8. The van der Waals surface area contributed by atoms with E-state index in [4.69, 9.17) is 5.73 Å². The highest BCUT2D eigenvalue weighted by atomic mass is 16.5. The van der Waals surface area contributed by atoms with Crippen molar-refractivity contribution in [3.05, 3.63) is 0 Å². The fourth-order valence-corrected chi connectivity index (χ4v) is 1.33. The van der Waals surface area contributed by atoms with Gasteiger partial charge in [-0.05, 0) is 6.42 Å². The van der Waals surface area contributed by atoms with Crippen molar-refractivity contribution in [2.45, 2.75) is 18.4 Å². The molecular formula is C8H13NO4. The molecule has 5 heteroatoms. The maximum absolute atomic E-state index is 11.1. The van der Waals surface area contributed by atoms with E-state index in [1.54, 1.807) is 0 Å². The molecule has 0 heterocycles. The molecule has 0 aromatic rings. The molecule has 1 fully saturated rings. The van der Waals surface area contributed by atoms with Gasteiger partial charge in [0.2, 0.25) is 0 Å². The number of ether oxygens (including phenoxy) is 2. The third-order valence-electron chi connectivity index (χ3n) is 2.36. The molecule has 13 heavy (non-hydrogen) atoms. The molecule has 0 amide bonds. The third-order valence-corrected chi connectivity index (χ3v) is 2.36. The van der Waals surface area contributed by atoms with Gasteiger partial charge >= 0.3 is 11.9 Å². The molecular weight excluding hydrogens is 174 g/mol. The van der Waals surface area contributed by atoms with Gasteiger partial charge in [-0.15, -0.1) is 0 Å². The first-order chi connectivity index (χ1) is 6.04. The Labute approximate surface area is 76.2 Å². The van der Waals surface area contributed by atoms with Crippen LogP contribution in [-0.2, 0) is 19.1 Å². The van der Waals surface area contributed by atoms with Gasteiger partial charge in [-0.25, -0.2) is 0 Å². The van der Waals surface area contributed by atoms with E-state index < -0.39 is 11.5 Å². The predicted molar refractivity (Wildman–Crippen MR) is 43.7 cm³/mol. The molecule has 2 atom stereocenters. The molecule has 0 bridgehead atoms. The first-order valence-electron chi connectivity index (χ1n) is 3.98. The van der Waals surface area contributed by atoms with Crippen LogP contribution >= 0.6 is 0 Å². The molecule has 1 saturated carbocycles. The van der Waals surface area contributed by atoms with Gasteiger partial charge in [0, 0.05) is 5.92 Å². The van der Waals surface area contributed by atoms with Gasteiger partial charge < -0.3 is 15.2 Å². The summed E-state index contributed by atoms with van der Waals surface area (Å²) in [7, 11) is 2.59. The van der Waals surface area contributed by atoms with Crippen LogP contribution in [0.15, 0.2) is 0 Å². The van der Waals surface area contributed by atoms with Crippen LogP contribution < -0.4 is 5.73 Å². The van der Waals surface area contributed by atoms with Crippen molar-refractivity contribution in [3.8, 4) is 0 Å². The summed E-state index contributed by atoms with van der Waals surface area (Å²) >= 11 is 0. The average Bonchev–Trinajstić information content (AvgIpc) is 2.76. The zero-order chi connectivity index (χ0) is 10.1. The van der Waals surface area contributed by atoms with Crippen molar-refractivity contribution in [2.24, 2.45) is 11.7 Å². The van der Waals surface area contributed by atoms with Crippen LogP contribution in [0.2, 0.25) is 0 Å². The number of hydrogen-bond donors (Lipinski definition) is 1. The molecule has 1 rings (SSSR count). The Hall–Kier alpha value is -1.10. The SMILES string of the molecule is COC(=O)C[C@@H]1C[C@@]1(N)C(=O)OC. The first-order valence-corrected chi connectivity index (χ1v) is 3.98. The lowest BCUT2D eigenvalue weighted by Crippen LogP contribution is -2.36. The second-order valence-corrected chi connectivity index (χ2v) is 3.21. The maximum Gasteiger partial charge on any atom is 0.326 e. The molecule has 0 aliphatic heterocycles. The second-order valence-electron chi connectivity index (χ2n) is 3.21. The topological polar surface area (TPSA) is 78.6 Å². The van der Waals surface area contributed by atoms with Crippen molar-refractivity contribution >= 4 is 11.9 Å². The largest absolute Gasteiger partial charge is 0.469 e. The Morgan fingerprint density at radius 2 is 2.08 bits per heavy atom. The van der Waals surface area contributed by atoms with E-state index >= 15 is 0 Å². The van der Waals surface area contributed by atoms with Crippen molar-refractivity contribution in [1.82, 2.24) is 0 Å². The fraction of sp³-hybridized carbons (Fsp3) is 0.750. The Morgan fingerprint density at radius 3 is 2.54 bits per heavy atom. The van der Waals surface area contributed by atoms with Gasteiger partial charge in [-0.3, -0.25) is 9.59 Å². The van der Waals surface area contributed by atoms with Crippen LogP contribution in [0.25, 0.3) is 0 Å². The number of methoxy groups -OCH3 is 2. The van der Waals surface area contributed by atoms with Crippen molar-refractivity contribution < 1.29 is 19.1 Å². The minimum absolute atomic E-state index is 0.132. The maximum atomic E-state index is 11.1.